The van der Waals surface area contributed by atoms with Gasteiger partial charge in [0.1, 0.15) is 4.88 Å². The van der Waals surface area contributed by atoms with E-state index in [4.69, 9.17) is 4.74 Å². The number of carbonyl (C=O) groups is 1. The molecule has 0 saturated carbocycles. The summed E-state index contributed by atoms with van der Waals surface area (Å²) < 4.78 is 8.43. The minimum absolute atomic E-state index is 0.228. The standard InChI is InChI=1S/C18H21N3O2S2/c1-10-8-14-15(9-11(10)2)25-18(21(14)6-7-23-5)20-17(22)16-12(3)19-13(4)24-16/h8-9H,6-7H2,1-5H3. The van der Waals surface area contributed by atoms with Gasteiger partial charge in [0.05, 0.1) is 27.5 Å². The lowest BCUT2D eigenvalue weighted by molar-refractivity contribution is 0.100. The SMILES string of the molecule is COCCn1c(=NC(=O)c2sc(C)nc2C)sc2cc(C)c(C)cc21. The van der Waals surface area contributed by atoms with Crippen LogP contribution in [0.3, 0.4) is 0 Å². The van der Waals surface area contributed by atoms with Crippen LogP contribution in [0.1, 0.15) is 31.5 Å². The summed E-state index contributed by atoms with van der Waals surface area (Å²) in [7, 11) is 1.68. The van der Waals surface area contributed by atoms with Crippen LogP contribution < -0.4 is 4.80 Å². The summed E-state index contributed by atoms with van der Waals surface area (Å²) in [4.78, 5) is 22.7. The highest BCUT2D eigenvalue weighted by Gasteiger charge is 2.15. The summed E-state index contributed by atoms with van der Waals surface area (Å²) in [5.41, 5.74) is 4.30. The van der Waals surface area contributed by atoms with E-state index in [9.17, 15) is 4.79 Å². The number of ether oxygens (including phenoxy) is 1. The normalized spacial score (nSPS) is 12.3. The molecule has 3 aromatic rings. The Hall–Kier alpha value is -1.83. The zero-order chi connectivity index (χ0) is 18.1. The molecule has 0 aliphatic heterocycles. The van der Waals surface area contributed by atoms with Crippen molar-refractivity contribution in [2.45, 2.75) is 34.2 Å². The van der Waals surface area contributed by atoms with Gasteiger partial charge in [0.25, 0.3) is 5.91 Å². The molecule has 0 unspecified atom stereocenters. The maximum absolute atomic E-state index is 12.7. The van der Waals surface area contributed by atoms with Gasteiger partial charge in [-0.25, -0.2) is 4.98 Å². The molecule has 1 amide bonds. The molecule has 0 saturated heterocycles. The fraction of sp³-hybridized carbons (Fsp3) is 0.389. The molecule has 0 radical (unpaired) electrons. The smallest absolute Gasteiger partial charge is 0.291 e. The highest BCUT2D eigenvalue weighted by molar-refractivity contribution is 7.16. The first kappa shape index (κ1) is 18.0. The molecular weight excluding hydrogens is 354 g/mol. The van der Waals surface area contributed by atoms with Crippen LogP contribution in [0, 0.1) is 27.7 Å². The van der Waals surface area contributed by atoms with E-state index in [1.165, 1.54) is 33.8 Å². The molecule has 7 heteroatoms. The van der Waals surface area contributed by atoms with Gasteiger partial charge in [0.2, 0.25) is 0 Å². The summed E-state index contributed by atoms with van der Waals surface area (Å²) in [6.45, 7) is 9.17. The highest BCUT2D eigenvalue weighted by Crippen LogP contribution is 2.23. The van der Waals surface area contributed by atoms with Gasteiger partial charge in [0.15, 0.2) is 4.80 Å². The van der Waals surface area contributed by atoms with Gasteiger partial charge in [-0.05, 0) is 51.0 Å². The lowest BCUT2D eigenvalue weighted by Gasteiger charge is -2.06. The minimum atomic E-state index is -0.228. The van der Waals surface area contributed by atoms with Crippen molar-refractivity contribution >= 4 is 38.8 Å². The van der Waals surface area contributed by atoms with E-state index < -0.39 is 0 Å². The number of thiazole rings is 2. The predicted octanol–water partition coefficient (Wildman–Crippen LogP) is 3.78. The number of benzene rings is 1. The second-order valence-corrected chi connectivity index (χ2v) is 8.21. The van der Waals surface area contributed by atoms with Crippen LogP contribution in [0.15, 0.2) is 17.1 Å². The number of aromatic nitrogens is 2. The van der Waals surface area contributed by atoms with Crippen LogP contribution in [-0.2, 0) is 11.3 Å². The van der Waals surface area contributed by atoms with Crippen molar-refractivity contribution < 1.29 is 9.53 Å². The Labute approximate surface area is 154 Å². The van der Waals surface area contributed by atoms with Crippen molar-refractivity contribution in [2.24, 2.45) is 4.99 Å². The topological polar surface area (TPSA) is 56.5 Å². The average Bonchev–Trinajstić information content (AvgIpc) is 3.05. The van der Waals surface area contributed by atoms with Gasteiger partial charge in [-0.15, -0.1) is 11.3 Å². The van der Waals surface area contributed by atoms with E-state index in [0.717, 1.165) is 20.9 Å². The number of hydrogen-bond donors (Lipinski definition) is 0. The molecule has 0 bridgehead atoms. The molecule has 3 rings (SSSR count). The maximum Gasteiger partial charge on any atom is 0.291 e. The molecule has 2 heterocycles. The van der Waals surface area contributed by atoms with Crippen LogP contribution in [-0.4, -0.2) is 29.2 Å². The van der Waals surface area contributed by atoms with E-state index in [1.807, 2.05) is 13.8 Å². The molecule has 25 heavy (non-hydrogen) atoms. The lowest BCUT2D eigenvalue weighted by Crippen LogP contribution is -2.19. The van der Waals surface area contributed by atoms with E-state index in [1.54, 1.807) is 7.11 Å². The average molecular weight is 376 g/mol. The first-order valence-electron chi connectivity index (χ1n) is 8.03. The fourth-order valence-corrected chi connectivity index (χ4v) is 4.61. The molecule has 1 aromatic carbocycles. The van der Waals surface area contributed by atoms with Gasteiger partial charge in [-0.3, -0.25) is 4.79 Å². The first-order chi connectivity index (χ1) is 11.9. The Kier molecular flexibility index (Phi) is 5.17. The van der Waals surface area contributed by atoms with Crippen molar-refractivity contribution in [1.82, 2.24) is 9.55 Å². The molecule has 0 aliphatic carbocycles. The number of rotatable bonds is 4. The Morgan fingerprint density at radius 1 is 1.20 bits per heavy atom. The third kappa shape index (κ3) is 3.58. The summed E-state index contributed by atoms with van der Waals surface area (Å²) >= 11 is 2.93. The summed E-state index contributed by atoms with van der Waals surface area (Å²) in [6, 6.07) is 4.31. The summed E-state index contributed by atoms with van der Waals surface area (Å²) in [6.07, 6.45) is 0. The van der Waals surface area contributed by atoms with Crippen molar-refractivity contribution in [2.75, 3.05) is 13.7 Å². The van der Waals surface area contributed by atoms with Crippen LogP contribution >= 0.6 is 22.7 Å². The fourth-order valence-electron chi connectivity index (χ4n) is 2.67. The number of hydrogen-bond acceptors (Lipinski definition) is 5. The summed E-state index contributed by atoms with van der Waals surface area (Å²) in [5.74, 6) is -0.228. The first-order valence-corrected chi connectivity index (χ1v) is 9.66. The van der Waals surface area contributed by atoms with Crippen LogP contribution in [0.4, 0.5) is 0 Å². The van der Waals surface area contributed by atoms with Gasteiger partial charge in [-0.1, -0.05) is 11.3 Å². The number of fused-ring (bicyclic) bond motifs is 1. The molecule has 2 aromatic heterocycles. The minimum Gasteiger partial charge on any atom is -0.383 e. The largest absolute Gasteiger partial charge is 0.383 e. The molecule has 0 aliphatic rings. The summed E-state index contributed by atoms with van der Waals surface area (Å²) in [5, 5.41) is 0.880. The van der Waals surface area contributed by atoms with Gasteiger partial charge in [-0.2, -0.15) is 4.99 Å². The Bertz CT molecular complexity index is 1010. The monoisotopic (exact) mass is 375 g/mol. The molecular formula is C18H21N3O2S2. The van der Waals surface area contributed by atoms with Gasteiger partial charge in [0, 0.05) is 13.7 Å². The van der Waals surface area contributed by atoms with E-state index in [2.05, 4.69) is 40.5 Å². The van der Waals surface area contributed by atoms with Gasteiger partial charge < -0.3 is 9.30 Å². The van der Waals surface area contributed by atoms with Crippen molar-refractivity contribution in [3.8, 4) is 0 Å². The Balaban J connectivity index is 2.16. The number of methoxy groups -OCH3 is 1. The molecule has 0 fully saturated rings. The predicted molar refractivity (Wildman–Crippen MR) is 103 cm³/mol. The molecule has 0 N–H and O–H groups in total. The zero-order valence-electron chi connectivity index (χ0n) is 15.0. The number of aryl methyl sites for hydroxylation is 4. The quantitative estimate of drug-likeness (QED) is 0.697. The molecule has 0 spiro atoms. The number of amides is 1. The molecule has 132 valence electrons. The van der Waals surface area contributed by atoms with E-state index in [0.29, 0.717) is 22.8 Å². The second-order valence-electron chi connectivity index (χ2n) is 6.00. The Morgan fingerprint density at radius 2 is 1.92 bits per heavy atom. The van der Waals surface area contributed by atoms with E-state index in [-0.39, 0.29) is 5.91 Å². The second kappa shape index (κ2) is 7.19. The van der Waals surface area contributed by atoms with Crippen molar-refractivity contribution in [1.29, 1.82) is 0 Å². The van der Waals surface area contributed by atoms with Crippen molar-refractivity contribution in [3.63, 3.8) is 0 Å². The lowest BCUT2D eigenvalue weighted by atomic mass is 10.1. The van der Waals surface area contributed by atoms with Crippen LogP contribution in [0.2, 0.25) is 0 Å². The third-order valence-corrected chi connectivity index (χ3v) is 6.21. The molecule has 5 nitrogen and oxygen atoms in total. The Morgan fingerprint density at radius 3 is 2.56 bits per heavy atom. The van der Waals surface area contributed by atoms with E-state index >= 15 is 0 Å². The molecule has 0 atom stereocenters. The number of carbonyl (C=O) groups excluding carboxylic acids is 1. The highest BCUT2D eigenvalue weighted by atomic mass is 32.1. The van der Waals surface area contributed by atoms with Gasteiger partial charge >= 0.3 is 0 Å². The zero-order valence-corrected chi connectivity index (χ0v) is 16.7. The van der Waals surface area contributed by atoms with Crippen LogP contribution in [0.25, 0.3) is 10.2 Å². The maximum atomic E-state index is 12.7. The third-order valence-electron chi connectivity index (χ3n) is 4.11. The van der Waals surface area contributed by atoms with Crippen molar-refractivity contribution in [3.05, 3.63) is 43.6 Å². The number of nitrogens with zero attached hydrogens (tertiary/aromatic N) is 3. The van der Waals surface area contributed by atoms with Crippen LogP contribution in [0.5, 0.6) is 0 Å².